The van der Waals surface area contributed by atoms with Gasteiger partial charge in [-0.05, 0) is 12.5 Å². The standard InChI is InChI=1S/C15H17FN4/c1-2-13(18)6-14-9-20(10-19-14)8-12-5-3-4-11(7-17)15(12)16/h3-5,9-10,13H,2,6,8,18H2,1H3. The van der Waals surface area contributed by atoms with Crippen LogP contribution in [0.5, 0.6) is 0 Å². The fraction of sp³-hybridized carbons (Fsp3) is 0.333. The number of nitrogens with two attached hydrogens (primary N) is 1. The van der Waals surface area contributed by atoms with Gasteiger partial charge in [0.05, 0.1) is 24.1 Å². The topological polar surface area (TPSA) is 67.6 Å². The monoisotopic (exact) mass is 272 g/mol. The molecule has 2 rings (SSSR count). The first kappa shape index (κ1) is 14.2. The van der Waals surface area contributed by atoms with Gasteiger partial charge in [-0.2, -0.15) is 5.26 Å². The van der Waals surface area contributed by atoms with Crippen LogP contribution < -0.4 is 5.73 Å². The van der Waals surface area contributed by atoms with Crippen molar-refractivity contribution in [3.05, 3.63) is 53.4 Å². The van der Waals surface area contributed by atoms with Crippen LogP contribution >= 0.6 is 0 Å². The van der Waals surface area contributed by atoms with E-state index in [9.17, 15) is 4.39 Å². The SMILES string of the molecule is CCC(N)Cc1cn(Cc2cccc(C#N)c2F)cn1. The third-order valence-electron chi connectivity index (χ3n) is 3.23. The van der Waals surface area contributed by atoms with Crippen molar-refractivity contribution >= 4 is 0 Å². The Hall–Kier alpha value is -2.19. The smallest absolute Gasteiger partial charge is 0.145 e. The Bertz CT molecular complexity index is 627. The highest BCUT2D eigenvalue weighted by molar-refractivity contribution is 5.35. The molecule has 1 aromatic carbocycles. The number of imidazole rings is 1. The summed E-state index contributed by atoms with van der Waals surface area (Å²) in [6, 6.07) is 6.77. The van der Waals surface area contributed by atoms with E-state index in [4.69, 9.17) is 11.0 Å². The van der Waals surface area contributed by atoms with E-state index in [1.165, 1.54) is 6.07 Å². The lowest BCUT2D eigenvalue weighted by molar-refractivity contribution is 0.595. The number of nitrogens with zero attached hydrogens (tertiary/aromatic N) is 3. The number of nitriles is 1. The van der Waals surface area contributed by atoms with Gasteiger partial charge in [0.1, 0.15) is 11.9 Å². The number of halogens is 1. The van der Waals surface area contributed by atoms with Gasteiger partial charge in [-0.25, -0.2) is 9.37 Å². The summed E-state index contributed by atoms with van der Waals surface area (Å²) in [5.41, 5.74) is 7.33. The molecule has 0 aliphatic rings. The Morgan fingerprint density at radius 2 is 2.30 bits per heavy atom. The molecule has 0 spiro atoms. The molecule has 1 unspecified atom stereocenters. The van der Waals surface area contributed by atoms with Crippen LogP contribution in [0.3, 0.4) is 0 Å². The number of rotatable bonds is 5. The van der Waals surface area contributed by atoms with Gasteiger partial charge in [0.2, 0.25) is 0 Å². The van der Waals surface area contributed by atoms with Crippen molar-refractivity contribution in [1.29, 1.82) is 5.26 Å². The average Bonchev–Trinajstić information content (AvgIpc) is 2.88. The largest absolute Gasteiger partial charge is 0.333 e. The zero-order valence-corrected chi connectivity index (χ0v) is 11.4. The third-order valence-corrected chi connectivity index (χ3v) is 3.23. The van der Waals surface area contributed by atoms with E-state index in [0.717, 1.165) is 12.1 Å². The van der Waals surface area contributed by atoms with Crippen LogP contribution in [-0.4, -0.2) is 15.6 Å². The van der Waals surface area contributed by atoms with Crippen LogP contribution in [0.1, 0.15) is 30.2 Å². The molecule has 0 aliphatic heterocycles. The van der Waals surface area contributed by atoms with Crippen LogP contribution in [-0.2, 0) is 13.0 Å². The summed E-state index contributed by atoms with van der Waals surface area (Å²) in [6.07, 6.45) is 5.14. The second kappa shape index (κ2) is 6.31. The van der Waals surface area contributed by atoms with Crippen molar-refractivity contribution in [3.63, 3.8) is 0 Å². The highest BCUT2D eigenvalue weighted by Crippen LogP contribution is 2.14. The lowest BCUT2D eigenvalue weighted by atomic mass is 10.1. The molecule has 5 heteroatoms. The number of aromatic nitrogens is 2. The molecule has 0 fully saturated rings. The molecule has 0 amide bonds. The lowest BCUT2D eigenvalue weighted by Crippen LogP contribution is -2.21. The van der Waals surface area contributed by atoms with Crippen molar-refractivity contribution in [2.75, 3.05) is 0 Å². The maximum Gasteiger partial charge on any atom is 0.145 e. The Morgan fingerprint density at radius 3 is 3.00 bits per heavy atom. The Kier molecular flexibility index (Phi) is 4.49. The molecule has 0 saturated heterocycles. The molecule has 104 valence electrons. The number of benzene rings is 1. The molecule has 1 heterocycles. The zero-order chi connectivity index (χ0) is 14.5. The molecular formula is C15H17FN4. The minimum Gasteiger partial charge on any atom is -0.333 e. The maximum absolute atomic E-state index is 14.0. The summed E-state index contributed by atoms with van der Waals surface area (Å²) in [5.74, 6) is -0.462. The molecule has 1 atom stereocenters. The van der Waals surface area contributed by atoms with E-state index in [1.54, 1.807) is 23.0 Å². The molecule has 0 aliphatic carbocycles. The predicted molar refractivity (Wildman–Crippen MR) is 74.4 cm³/mol. The Balaban J connectivity index is 2.13. The van der Waals surface area contributed by atoms with Crippen molar-refractivity contribution in [1.82, 2.24) is 9.55 Å². The maximum atomic E-state index is 14.0. The van der Waals surface area contributed by atoms with Crippen molar-refractivity contribution in [3.8, 4) is 6.07 Å². The lowest BCUT2D eigenvalue weighted by Gasteiger charge is -2.06. The van der Waals surface area contributed by atoms with E-state index in [0.29, 0.717) is 18.5 Å². The average molecular weight is 272 g/mol. The van der Waals surface area contributed by atoms with Gasteiger partial charge >= 0.3 is 0 Å². The van der Waals surface area contributed by atoms with Crippen molar-refractivity contribution in [2.24, 2.45) is 5.73 Å². The van der Waals surface area contributed by atoms with Gasteiger partial charge in [0, 0.05) is 24.2 Å². The fourth-order valence-corrected chi connectivity index (χ4v) is 2.00. The molecule has 20 heavy (non-hydrogen) atoms. The van der Waals surface area contributed by atoms with Crippen LogP contribution in [0.25, 0.3) is 0 Å². The second-order valence-corrected chi connectivity index (χ2v) is 4.80. The summed E-state index contributed by atoms with van der Waals surface area (Å²) in [5, 5.41) is 8.82. The molecule has 1 aromatic heterocycles. The molecule has 4 nitrogen and oxygen atoms in total. The van der Waals surface area contributed by atoms with E-state index in [-0.39, 0.29) is 11.6 Å². The number of hydrogen-bond acceptors (Lipinski definition) is 3. The van der Waals surface area contributed by atoms with Gasteiger partial charge < -0.3 is 10.3 Å². The highest BCUT2D eigenvalue weighted by Gasteiger charge is 2.09. The molecule has 0 saturated carbocycles. The van der Waals surface area contributed by atoms with Crippen LogP contribution in [0, 0.1) is 17.1 Å². The highest BCUT2D eigenvalue weighted by atomic mass is 19.1. The normalized spacial score (nSPS) is 12.1. The van der Waals surface area contributed by atoms with E-state index >= 15 is 0 Å². The summed E-state index contributed by atoms with van der Waals surface area (Å²) in [4.78, 5) is 4.27. The van der Waals surface area contributed by atoms with Crippen LogP contribution in [0.4, 0.5) is 4.39 Å². The van der Waals surface area contributed by atoms with Gasteiger partial charge in [-0.15, -0.1) is 0 Å². The molecule has 0 bridgehead atoms. The quantitative estimate of drug-likeness (QED) is 0.907. The summed E-state index contributed by atoms with van der Waals surface area (Å²) >= 11 is 0. The molecular weight excluding hydrogens is 255 g/mol. The second-order valence-electron chi connectivity index (χ2n) is 4.80. The van der Waals surface area contributed by atoms with E-state index < -0.39 is 5.82 Å². The van der Waals surface area contributed by atoms with E-state index in [1.807, 2.05) is 19.2 Å². The van der Waals surface area contributed by atoms with Crippen LogP contribution in [0.15, 0.2) is 30.7 Å². The third kappa shape index (κ3) is 3.22. The van der Waals surface area contributed by atoms with Crippen molar-refractivity contribution < 1.29 is 4.39 Å². The predicted octanol–water partition coefficient (Wildman–Crippen LogP) is 2.22. The van der Waals surface area contributed by atoms with Crippen LogP contribution in [0.2, 0.25) is 0 Å². The minimum atomic E-state index is -0.462. The summed E-state index contributed by atoms with van der Waals surface area (Å²) < 4.78 is 15.8. The zero-order valence-electron chi connectivity index (χ0n) is 11.4. The first-order valence-electron chi connectivity index (χ1n) is 6.57. The summed E-state index contributed by atoms with van der Waals surface area (Å²) in [7, 11) is 0. The van der Waals surface area contributed by atoms with Crippen molar-refractivity contribution in [2.45, 2.75) is 32.4 Å². The molecule has 2 N–H and O–H groups in total. The fourth-order valence-electron chi connectivity index (χ4n) is 2.00. The molecule has 0 radical (unpaired) electrons. The van der Waals surface area contributed by atoms with Gasteiger partial charge in [0.15, 0.2) is 0 Å². The Labute approximate surface area is 117 Å². The number of hydrogen-bond donors (Lipinski definition) is 1. The van der Waals surface area contributed by atoms with Gasteiger partial charge in [0.25, 0.3) is 0 Å². The van der Waals surface area contributed by atoms with Gasteiger partial charge in [-0.1, -0.05) is 19.1 Å². The first-order chi connectivity index (χ1) is 9.63. The minimum absolute atomic E-state index is 0.0656. The summed E-state index contributed by atoms with van der Waals surface area (Å²) in [6.45, 7) is 2.39. The van der Waals surface area contributed by atoms with E-state index in [2.05, 4.69) is 4.98 Å². The molecule has 2 aromatic rings. The van der Waals surface area contributed by atoms with Gasteiger partial charge in [-0.3, -0.25) is 0 Å². The Morgan fingerprint density at radius 1 is 1.50 bits per heavy atom. The first-order valence-corrected chi connectivity index (χ1v) is 6.57.